The Morgan fingerprint density at radius 1 is 1.44 bits per heavy atom. The monoisotopic (exact) mass is 222 g/mol. The topological polar surface area (TPSA) is 35.5 Å². The van der Waals surface area contributed by atoms with E-state index in [2.05, 4.69) is 0 Å². The van der Waals surface area contributed by atoms with E-state index >= 15 is 0 Å². The van der Waals surface area contributed by atoms with Crippen molar-refractivity contribution in [3.63, 3.8) is 0 Å². The van der Waals surface area contributed by atoms with Gasteiger partial charge in [0, 0.05) is 12.0 Å². The summed E-state index contributed by atoms with van der Waals surface area (Å²) >= 11 is 0. The molecule has 3 nitrogen and oxygen atoms in total. The van der Waals surface area contributed by atoms with Crippen molar-refractivity contribution in [3.05, 3.63) is 23.8 Å². The van der Waals surface area contributed by atoms with Crippen LogP contribution in [-0.4, -0.2) is 20.0 Å². The minimum Gasteiger partial charge on any atom is -0.493 e. The molecule has 0 amide bonds. The Labute approximate surface area is 96.4 Å². The van der Waals surface area contributed by atoms with E-state index in [4.69, 9.17) is 9.47 Å². The molecular formula is C13H18O3. The number of carbonyl (C=O) groups is 1. The molecule has 88 valence electrons. The molecule has 0 heterocycles. The first-order valence-electron chi connectivity index (χ1n) is 5.47. The molecule has 0 N–H and O–H groups in total. The molecule has 0 aliphatic rings. The van der Waals surface area contributed by atoms with Gasteiger partial charge >= 0.3 is 0 Å². The Hall–Kier alpha value is -1.51. The molecule has 1 aromatic rings. The number of hydrogen-bond donors (Lipinski definition) is 0. The normalized spacial score (nSPS) is 11.9. The summed E-state index contributed by atoms with van der Waals surface area (Å²) in [5.41, 5.74) is 1.02. The van der Waals surface area contributed by atoms with Crippen LogP contribution in [0.15, 0.2) is 18.2 Å². The lowest BCUT2D eigenvalue weighted by atomic mass is 9.97. The number of carbonyl (C=O) groups excluding carboxylic acids is 1. The molecule has 0 bridgehead atoms. The van der Waals surface area contributed by atoms with Gasteiger partial charge in [-0.3, -0.25) is 0 Å². The van der Waals surface area contributed by atoms with E-state index in [9.17, 15) is 4.79 Å². The molecule has 0 aliphatic carbocycles. The highest BCUT2D eigenvalue weighted by molar-refractivity contribution is 5.55. The summed E-state index contributed by atoms with van der Waals surface area (Å²) in [5.74, 6) is 1.62. The maximum atomic E-state index is 10.5. The number of ether oxygens (including phenoxy) is 2. The number of hydrogen-bond acceptors (Lipinski definition) is 3. The van der Waals surface area contributed by atoms with E-state index in [1.165, 1.54) is 0 Å². The molecular weight excluding hydrogens is 204 g/mol. The van der Waals surface area contributed by atoms with Crippen LogP contribution < -0.4 is 9.47 Å². The average molecular weight is 222 g/mol. The third kappa shape index (κ3) is 2.75. The average Bonchev–Trinajstić information content (AvgIpc) is 2.30. The summed E-state index contributed by atoms with van der Waals surface area (Å²) in [5, 5.41) is 0. The fourth-order valence-electron chi connectivity index (χ4n) is 1.65. The minimum absolute atomic E-state index is 0.147. The van der Waals surface area contributed by atoms with Crippen molar-refractivity contribution >= 4 is 6.29 Å². The first-order chi connectivity index (χ1) is 7.74. The first-order valence-corrected chi connectivity index (χ1v) is 5.47. The Kier molecular flexibility index (Phi) is 4.83. The summed E-state index contributed by atoms with van der Waals surface area (Å²) in [4.78, 5) is 10.5. The SMILES string of the molecule is CCOc1c(OC)cccc1C(C)CC=O. The maximum Gasteiger partial charge on any atom is 0.164 e. The molecule has 1 rings (SSSR count). The predicted molar refractivity (Wildman–Crippen MR) is 63.3 cm³/mol. The van der Waals surface area contributed by atoms with Gasteiger partial charge in [0.2, 0.25) is 0 Å². The third-order valence-electron chi connectivity index (χ3n) is 2.50. The van der Waals surface area contributed by atoms with Crippen molar-refractivity contribution in [2.75, 3.05) is 13.7 Å². The van der Waals surface area contributed by atoms with Crippen molar-refractivity contribution in [3.8, 4) is 11.5 Å². The number of aldehydes is 1. The lowest BCUT2D eigenvalue weighted by molar-refractivity contribution is -0.108. The van der Waals surface area contributed by atoms with Crippen LogP contribution in [0.2, 0.25) is 0 Å². The van der Waals surface area contributed by atoms with Crippen LogP contribution in [0.1, 0.15) is 31.7 Å². The summed E-state index contributed by atoms with van der Waals surface area (Å²) in [7, 11) is 1.62. The van der Waals surface area contributed by atoms with Crippen molar-refractivity contribution in [1.29, 1.82) is 0 Å². The van der Waals surface area contributed by atoms with Crippen LogP contribution in [0.5, 0.6) is 11.5 Å². The molecule has 0 fully saturated rings. The standard InChI is InChI=1S/C13H18O3/c1-4-16-13-11(10(2)8-9-14)6-5-7-12(13)15-3/h5-7,9-10H,4,8H2,1-3H3. The van der Waals surface area contributed by atoms with E-state index in [-0.39, 0.29) is 5.92 Å². The van der Waals surface area contributed by atoms with Gasteiger partial charge in [0.25, 0.3) is 0 Å². The van der Waals surface area contributed by atoms with Crippen molar-refractivity contribution in [2.24, 2.45) is 0 Å². The number of methoxy groups -OCH3 is 1. The summed E-state index contributed by atoms with van der Waals surface area (Å²) in [6, 6.07) is 5.75. The van der Waals surface area contributed by atoms with Gasteiger partial charge < -0.3 is 14.3 Å². The highest BCUT2D eigenvalue weighted by Crippen LogP contribution is 2.36. The minimum atomic E-state index is 0.147. The van der Waals surface area contributed by atoms with E-state index in [1.807, 2.05) is 32.0 Å². The fraction of sp³-hybridized carbons (Fsp3) is 0.462. The zero-order valence-corrected chi connectivity index (χ0v) is 10.0. The molecule has 0 saturated carbocycles. The Bertz CT molecular complexity index is 347. The smallest absolute Gasteiger partial charge is 0.164 e. The molecule has 0 spiro atoms. The maximum absolute atomic E-state index is 10.5. The molecule has 3 heteroatoms. The van der Waals surface area contributed by atoms with Gasteiger partial charge in [-0.25, -0.2) is 0 Å². The number of rotatable bonds is 6. The van der Waals surface area contributed by atoms with Crippen molar-refractivity contribution < 1.29 is 14.3 Å². The van der Waals surface area contributed by atoms with Crippen LogP contribution in [-0.2, 0) is 4.79 Å². The zero-order valence-electron chi connectivity index (χ0n) is 10.0. The highest BCUT2D eigenvalue weighted by atomic mass is 16.5. The summed E-state index contributed by atoms with van der Waals surface area (Å²) < 4.78 is 10.8. The molecule has 16 heavy (non-hydrogen) atoms. The fourth-order valence-corrected chi connectivity index (χ4v) is 1.65. The second-order valence-electron chi connectivity index (χ2n) is 3.62. The van der Waals surface area contributed by atoms with Gasteiger partial charge in [-0.15, -0.1) is 0 Å². The van der Waals surface area contributed by atoms with Crippen LogP contribution in [0.25, 0.3) is 0 Å². The van der Waals surface area contributed by atoms with Crippen LogP contribution in [0.4, 0.5) is 0 Å². The Morgan fingerprint density at radius 3 is 2.75 bits per heavy atom. The zero-order chi connectivity index (χ0) is 12.0. The Balaban J connectivity index is 3.09. The van der Waals surface area contributed by atoms with Gasteiger partial charge in [0.05, 0.1) is 13.7 Å². The predicted octanol–water partition coefficient (Wildman–Crippen LogP) is 2.79. The van der Waals surface area contributed by atoms with Crippen molar-refractivity contribution in [1.82, 2.24) is 0 Å². The van der Waals surface area contributed by atoms with E-state index in [0.29, 0.717) is 13.0 Å². The summed E-state index contributed by atoms with van der Waals surface area (Å²) in [6.07, 6.45) is 1.42. The van der Waals surface area contributed by atoms with Crippen LogP contribution in [0.3, 0.4) is 0 Å². The molecule has 0 radical (unpaired) electrons. The van der Waals surface area contributed by atoms with Gasteiger partial charge in [0.15, 0.2) is 11.5 Å². The third-order valence-corrected chi connectivity index (χ3v) is 2.50. The Morgan fingerprint density at radius 2 is 2.19 bits per heavy atom. The quantitative estimate of drug-likeness (QED) is 0.694. The molecule has 1 unspecified atom stereocenters. The van der Waals surface area contributed by atoms with E-state index < -0.39 is 0 Å². The second kappa shape index (κ2) is 6.16. The van der Waals surface area contributed by atoms with Gasteiger partial charge in [-0.2, -0.15) is 0 Å². The molecule has 0 saturated heterocycles. The van der Waals surface area contributed by atoms with Crippen LogP contribution in [0, 0.1) is 0 Å². The lowest BCUT2D eigenvalue weighted by Crippen LogP contribution is -2.03. The highest BCUT2D eigenvalue weighted by Gasteiger charge is 2.15. The second-order valence-corrected chi connectivity index (χ2v) is 3.62. The van der Waals surface area contributed by atoms with E-state index in [0.717, 1.165) is 23.3 Å². The first kappa shape index (κ1) is 12.6. The molecule has 1 aromatic carbocycles. The van der Waals surface area contributed by atoms with Gasteiger partial charge in [0.1, 0.15) is 6.29 Å². The van der Waals surface area contributed by atoms with E-state index in [1.54, 1.807) is 7.11 Å². The van der Waals surface area contributed by atoms with Crippen LogP contribution >= 0.6 is 0 Å². The van der Waals surface area contributed by atoms with Gasteiger partial charge in [-0.1, -0.05) is 19.1 Å². The lowest BCUT2D eigenvalue weighted by Gasteiger charge is -2.17. The summed E-state index contributed by atoms with van der Waals surface area (Å²) in [6.45, 7) is 4.52. The molecule has 0 aromatic heterocycles. The number of benzene rings is 1. The molecule has 0 aliphatic heterocycles. The van der Waals surface area contributed by atoms with Gasteiger partial charge in [-0.05, 0) is 18.9 Å². The number of para-hydroxylation sites is 1. The largest absolute Gasteiger partial charge is 0.493 e. The van der Waals surface area contributed by atoms with Crippen molar-refractivity contribution in [2.45, 2.75) is 26.2 Å². The molecule has 1 atom stereocenters.